The van der Waals surface area contributed by atoms with E-state index in [1.165, 1.54) is 0 Å². The number of aromatic nitrogens is 2. The van der Waals surface area contributed by atoms with Gasteiger partial charge in [-0.15, -0.1) is 0 Å². The Bertz CT molecular complexity index is 616. The van der Waals surface area contributed by atoms with Crippen LogP contribution in [0.25, 0.3) is 0 Å². The lowest BCUT2D eigenvalue weighted by molar-refractivity contribution is 0.0676. The zero-order valence-electron chi connectivity index (χ0n) is 13.4. The lowest BCUT2D eigenvalue weighted by atomic mass is 9.94. The van der Waals surface area contributed by atoms with Crippen LogP contribution in [0.1, 0.15) is 41.6 Å². The summed E-state index contributed by atoms with van der Waals surface area (Å²) in [5.74, 6) is 0.330. The molecule has 1 aromatic heterocycles. The molecule has 0 fully saturated rings. The summed E-state index contributed by atoms with van der Waals surface area (Å²) in [6.07, 6.45) is 0. The molecule has 4 nitrogen and oxygen atoms in total. The Labute approximate surface area is 126 Å². The summed E-state index contributed by atoms with van der Waals surface area (Å²) in [6.45, 7) is 6.17. The molecule has 0 spiro atoms. The van der Waals surface area contributed by atoms with Crippen LogP contribution < -0.4 is 0 Å². The van der Waals surface area contributed by atoms with Crippen LogP contribution in [-0.2, 0) is 7.05 Å². The van der Waals surface area contributed by atoms with E-state index in [2.05, 4.69) is 31.1 Å². The third-order valence-electron chi connectivity index (χ3n) is 3.73. The average Bonchev–Trinajstić information content (AvgIpc) is 2.77. The number of aryl methyl sites for hydroxylation is 2. The van der Waals surface area contributed by atoms with Gasteiger partial charge in [-0.25, -0.2) is 0 Å². The van der Waals surface area contributed by atoms with Gasteiger partial charge in [0.2, 0.25) is 0 Å². The number of rotatable bonds is 4. The fourth-order valence-corrected chi connectivity index (χ4v) is 2.82. The second-order valence-corrected chi connectivity index (χ2v) is 5.81. The highest BCUT2D eigenvalue weighted by Crippen LogP contribution is 2.28. The van der Waals surface area contributed by atoms with Gasteiger partial charge in [-0.1, -0.05) is 44.2 Å². The largest absolute Gasteiger partial charge is 0.333 e. The van der Waals surface area contributed by atoms with E-state index in [-0.39, 0.29) is 11.9 Å². The van der Waals surface area contributed by atoms with Gasteiger partial charge in [-0.2, -0.15) is 5.10 Å². The molecule has 0 aliphatic rings. The first-order valence-corrected chi connectivity index (χ1v) is 7.24. The van der Waals surface area contributed by atoms with Crippen molar-refractivity contribution in [2.24, 2.45) is 13.0 Å². The third kappa shape index (κ3) is 3.15. The molecule has 0 saturated carbocycles. The van der Waals surface area contributed by atoms with Crippen LogP contribution in [-0.4, -0.2) is 27.6 Å². The summed E-state index contributed by atoms with van der Waals surface area (Å²) in [5, 5.41) is 4.26. The minimum atomic E-state index is 0.000605. The van der Waals surface area contributed by atoms with Gasteiger partial charge in [0.25, 0.3) is 5.91 Å². The molecular formula is C17H23N3O. The Hall–Kier alpha value is -2.10. The van der Waals surface area contributed by atoms with Gasteiger partial charge >= 0.3 is 0 Å². The van der Waals surface area contributed by atoms with Gasteiger partial charge in [0.1, 0.15) is 5.69 Å². The van der Waals surface area contributed by atoms with E-state index in [0.29, 0.717) is 11.6 Å². The van der Waals surface area contributed by atoms with Crippen molar-refractivity contribution in [2.45, 2.75) is 26.8 Å². The lowest BCUT2D eigenvalue weighted by Gasteiger charge is -2.31. The molecule has 1 unspecified atom stereocenters. The topological polar surface area (TPSA) is 38.1 Å². The van der Waals surface area contributed by atoms with Crippen LogP contribution in [0.3, 0.4) is 0 Å². The summed E-state index contributed by atoms with van der Waals surface area (Å²) in [6, 6.07) is 12.0. The van der Waals surface area contributed by atoms with Crippen molar-refractivity contribution in [3.63, 3.8) is 0 Å². The van der Waals surface area contributed by atoms with Gasteiger partial charge in [0, 0.05) is 14.1 Å². The van der Waals surface area contributed by atoms with E-state index in [1.54, 1.807) is 11.7 Å². The minimum Gasteiger partial charge on any atom is -0.333 e. The first-order valence-electron chi connectivity index (χ1n) is 7.24. The molecule has 0 aliphatic carbocycles. The monoisotopic (exact) mass is 285 g/mol. The van der Waals surface area contributed by atoms with Crippen LogP contribution in [0.15, 0.2) is 36.4 Å². The van der Waals surface area contributed by atoms with Crippen molar-refractivity contribution in [3.05, 3.63) is 53.3 Å². The van der Waals surface area contributed by atoms with E-state index in [0.717, 1.165) is 11.3 Å². The molecule has 0 aliphatic heterocycles. The summed E-state index contributed by atoms with van der Waals surface area (Å²) < 4.78 is 1.65. The van der Waals surface area contributed by atoms with Crippen molar-refractivity contribution < 1.29 is 4.79 Å². The fourth-order valence-electron chi connectivity index (χ4n) is 2.82. The number of benzene rings is 1. The van der Waals surface area contributed by atoms with Crippen molar-refractivity contribution in [1.82, 2.24) is 14.7 Å². The fraction of sp³-hybridized carbons (Fsp3) is 0.412. The van der Waals surface area contributed by atoms with E-state index in [4.69, 9.17) is 0 Å². The van der Waals surface area contributed by atoms with Gasteiger partial charge in [0.15, 0.2) is 0 Å². The number of carbonyl (C=O) groups is 1. The molecule has 2 rings (SSSR count). The summed E-state index contributed by atoms with van der Waals surface area (Å²) in [7, 11) is 3.67. The molecule has 1 amide bonds. The standard InChI is InChI=1S/C17H23N3O/c1-12(2)16(14-9-7-6-8-10-14)19(4)17(21)15-11-13(3)18-20(15)5/h6-12,16H,1-5H3. The minimum absolute atomic E-state index is 0.000605. The maximum atomic E-state index is 12.8. The molecule has 21 heavy (non-hydrogen) atoms. The number of amides is 1. The highest BCUT2D eigenvalue weighted by molar-refractivity contribution is 5.92. The molecule has 1 aromatic carbocycles. The molecule has 0 N–H and O–H groups in total. The highest BCUT2D eigenvalue weighted by Gasteiger charge is 2.27. The zero-order chi connectivity index (χ0) is 15.6. The SMILES string of the molecule is Cc1cc(C(=O)N(C)C(c2ccccc2)C(C)C)n(C)n1. The van der Waals surface area contributed by atoms with E-state index in [9.17, 15) is 4.79 Å². The first kappa shape index (κ1) is 15.3. The van der Waals surface area contributed by atoms with Gasteiger partial charge in [-0.3, -0.25) is 9.48 Å². The smallest absolute Gasteiger partial charge is 0.272 e. The van der Waals surface area contributed by atoms with Crippen LogP contribution in [0.5, 0.6) is 0 Å². The van der Waals surface area contributed by atoms with E-state index in [1.807, 2.05) is 43.1 Å². The van der Waals surface area contributed by atoms with Crippen LogP contribution in [0.4, 0.5) is 0 Å². The highest BCUT2D eigenvalue weighted by atomic mass is 16.2. The molecule has 0 saturated heterocycles. The number of nitrogens with zero attached hydrogens (tertiary/aromatic N) is 3. The molecule has 4 heteroatoms. The Balaban J connectivity index is 2.33. The predicted molar refractivity (Wildman–Crippen MR) is 84.1 cm³/mol. The Morgan fingerprint density at radius 2 is 1.86 bits per heavy atom. The van der Waals surface area contributed by atoms with Crippen molar-refractivity contribution in [2.75, 3.05) is 7.05 Å². The van der Waals surface area contributed by atoms with Crippen molar-refractivity contribution in [3.8, 4) is 0 Å². The van der Waals surface area contributed by atoms with Crippen LogP contribution in [0.2, 0.25) is 0 Å². The molecular weight excluding hydrogens is 262 g/mol. The summed E-state index contributed by atoms with van der Waals surface area (Å²) >= 11 is 0. The quantitative estimate of drug-likeness (QED) is 0.865. The normalized spacial score (nSPS) is 12.5. The maximum Gasteiger partial charge on any atom is 0.272 e. The Morgan fingerprint density at radius 1 is 1.24 bits per heavy atom. The zero-order valence-corrected chi connectivity index (χ0v) is 13.4. The number of hydrogen-bond acceptors (Lipinski definition) is 2. The number of hydrogen-bond donors (Lipinski definition) is 0. The van der Waals surface area contributed by atoms with E-state index < -0.39 is 0 Å². The Morgan fingerprint density at radius 3 is 2.33 bits per heavy atom. The van der Waals surface area contributed by atoms with Gasteiger partial charge in [0.05, 0.1) is 11.7 Å². The molecule has 1 heterocycles. The second kappa shape index (κ2) is 6.12. The first-order chi connectivity index (χ1) is 9.91. The van der Waals surface area contributed by atoms with Gasteiger partial charge in [-0.05, 0) is 24.5 Å². The second-order valence-electron chi connectivity index (χ2n) is 5.81. The lowest BCUT2D eigenvalue weighted by Crippen LogP contribution is -2.35. The van der Waals surface area contributed by atoms with Crippen molar-refractivity contribution >= 4 is 5.91 Å². The summed E-state index contributed by atoms with van der Waals surface area (Å²) in [4.78, 5) is 14.6. The maximum absolute atomic E-state index is 12.8. The predicted octanol–water partition coefficient (Wildman–Crippen LogP) is 3.20. The van der Waals surface area contributed by atoms with Crippen molar-refractivity contribution in [1.29, 1.82) is 0 Å². The number of carbonyl (C=O) groups excluding carboxylic acids is 1. The molecule has 0 bridgehead atoms. The van der Waals surface area contributed by atoms with Crippen LogP contribution in [0, 0.1) is 12.8 Å². The van der Waals surface area contributed by atoms with Gasteiger partial charge < -0.3 is 4.90 Å². The molecule has 112 valence electrons. The summed E-state index contributed by atoms with van der Waals surface area (Å²) in [5.41, 5.74) is 2.63. The van der Waals surface area contributed by atoms with E-state index >= 15 is 0 Å². The molecule has 0 radical (unpaired) electrons. The third-order valence-corrected chi connectivity index (χ3v) is 3.73. The average molecular weight is 285 g/mol. The molecule has 2 aromatic rings. The van der Waals surface area contributed by atoms with Crippen LogP contribution >= 0.6 is 0 Å². The molecule has 1 atom stereocenters. The Kier molecular flexibility index (Phi) is 4.46.